The Morgan fingerprint density at radius 3 is 2.59 bits per heavy atom. The van der Waals surface area contributed by atoms with E-state index in [-0.39, 0.29) is 42.4 Å². The maximum absolute atomic E-state index is 12.4. The van der Waals surface area contributed by atoms with Crippen molar-refractivity contribution in [2.75, 3.05) is 6.54 Å². The Bertz CT molecular complexity index is 693. The SMILES string of the molecule is CC(C)N1CC(NC(=O)c2cnn(CC(=O)NC3CCCCC3)c2)CC1=O. The first kappa shape index (κ1) is 19.4. The number of carbonyl (C=O) groups is 3. The van der Waals surface area contributed by atoms with Gasteiger partial charge < -0.3 is 15.5 Å². The number of likely N-dealkylation sites (tertiary alicyclic amines) is 1. The van der Waals surface area contributed by atoms with Crippen LogP contribution in [0.1, 0.15) is 62.7 Å². The van der Waals surface area contributed by atoms with Crippen LogP contribution >= 0.6 is 0 Å². The van der Waals surface area contributed by atoms with Gasteiger partial charge in [0.05, 0.1) is 17.8 Å². The molecule has 8 nitrogen and oxygen atoms in total. The average molecular weight is 375 g/mol. The Morgan fingerprint density at radius 1 is 1.19 bits per heavy atom. The zero-order valence-corrected chi connectivity index (χ0v) is 16.1. The fraction of sp³-hybridized carbons (Fsp3) is 0.684. The first-order valence-electron chi connectivity index (χ1n) is 9.84. The quantitative estimate of drug-likeness (QED) is 0.777. The topological polar surface area (TPSA) is 96.3 Å². The maximum Gasteiger partial charge on any atom is 0.254 e. The van der Waals surface area contributed by atoms with Gasteiger partial charge in [0.2, 0.25) is 11.8 Å². The van der Waals surface area contributed by atoms with Gasteiger partial charge in [0.25, 0.3) is 5.91 Å². The Kier molecular flexibility index (Phi) is 6.13. The van der Waals surface area contributed by atoms with Crippen LogP contribution < -0.4 is 10.6 Å². The molecule has 3 rings (SSSR count). The van der Waals surface area contributed by atoms with Crippen LogP contribution in [0.3, 0.4) is 0 Å². The van der Waals surface area contributed by atoms with Gasteiger partial charge in [-0.2, -0.15) is 5.10 Å². The molecule has 0 radical (unpaired) electrons. The molecule has 0 bridgehead atoms. The molecule has 1 unspecified atom stereocenters. The molecule has 2 fully saturated rings. The third-order valence-corrected chi connectivity index (χ3v) is 5.29. The van der Waals surface area contributed by atoms with Crippen LogP contribution in [0.4, 0.5) is 0 Å². The highest BCUT2D eigenvalue weighted by atomic mass is 16.2. The minimum atomic E-state index is -0.266. The van der Waals surface area contributed by atoms with Gasteiger partial charge in [-0.25, -0.2) is 0 Å². The monoisotopic (exact) mass is 375 g/mol. The number of rotatable bonds is 6. The highest BCUT2D eigenvalue weighted by Crippen LogP contribution is 2.17. The lowest BCUT2D eigenvalue weighted by atomic mass is 9.95. The summed E-state index contributed by atoms with van der Waals surface area (Å²) in [6, 6.07) is 0.198. The van der Waals surface area contributed by atoms with E-state index < -0.39 is 0 Å². The summed E-state index contributed by atoms with van der Waals surface area (Å²) in [5.41, 5.74) is 0.399. The van der Waals surface area contributed by atoms with E-state index in [1.807, 2.05) is 13.8 Å². The summed E-state index contributed by atoms with van der Waals surface area (Å²) in [6.07, 6.45) is 8.99. The molecule has 1 atom stereocenters. The minimum Gasteiger partial charge on any atom is -0.352 e. The van der Waals surface area contributed by atoms with Crippen molar-refractivity contribution < 1.29 is 14.4 Å². The molecule has 1 aromatic rings. The van der Waals surface area contributed by atoms with Gasteiger partial charge in [-0.05, 0) is 26.7 Å². The van der Waals surface area contributed by atoms with Gasteiger partial charge in [-0.3, -0.25) is 19.1 Å². The molecule has 8 heteroatoms. The fourth-order valence-corrected chi connectivity index (χ4v) is 3.83. The summed E-state index contributed by atoms with van der Waals surface area (Å²) in [6.45, 7) is 4.56. The standard InChI is InChI=1S/C19H29N5O3/c1-13(2)24-11-16(8-18(24)26)22-19(27)14-9-20-23(10-14)12-17(25)21-15-6-4-3-5-7-15/h9-10,13,15-16H,3-8,11-12H2,1-2H3,(H,21,25)(H,22,27). The van der Waals surface area contributed by atoms with Crippen molar-refractivity contribution in [2.45, 2.75) is 77.0 Å². The highest BCUT2D eigenvalue weighted by molar-refractivity contribution is 5.94. The molecule has 0 spiro atoms. The molecule has 2 heterocycles. The van der Waals surface area contributed by atoms with E-state index in [2.05, 4.69) is 15.7 Å². The largest absolute Gasteiger partial charge is 0.352 e. The molecule has 0 aromatic carbocycles. The third-order valence-electron chi connectivity index (χ3n) is 5.29. The van der Waals surface area contributed by atoms with Crippen molar-refractivity contribution in [2.24, 2.45) is 0 Å². The van der Waals surface area contributed by atoms with E-state index in [0.717, 1.165) is 25.7 Å². The molecule has 1 aliphatic heterocycles. The molecule has 2 aliphatic rings. The van der Waals surface area contributed by atoms with Crippen molar-refractivity contribution in [1.29, 1.82) is 0 Å². The summed E-state index contributed by atoms with van der Waals surface area (Å²) >= 11 is 0. The molecule has 2 N–H and O–H groups in total. The number of nitrogens with one attached hydrogen (secondary N) is 2. The van der Waals surface area contributed by atoms with Crippen LogP contribution in [0.5, 0.6) is 0 Å². The normalized spacial score (nSPS) is 20.9. The molecule has 1 aliphatic carbocycles. The van der Waals surface area contributed by atoms with Gasteiger partial charge >= 0.3 is 0 Å². The number of nitrogens with zero attached hydrogens (tertiary/aromatic N) is 3. The molecule has 1 aromatic heterocycles. The molecular formula is C19H29N5O3. The van der Waals surface area contributed by atoms with Crippen molar-refractivity contribution in [3.05, 3.63) is 18.0 Å². The van der Waals surface area contributed by atoms with Crippen LogP contribution in [-0.4, -0.2) is 57.1 Å². The van der Waals surface area contributed by atoms with Crippen LogP contribution in [0, 0.1) is 0 Å². The Hall–Kier alpha value is -2.38. The number of aromatic nitrogens is 2. The third kappa shape index (κ3) is 5.08. The van der Waals surface area contributed by atoms with E-state index in [0.29, 0.717) is 18.5 Å². The maximum atomic E-state index is 12.4. The van der Waals surface area contributed by atoms with Gasteiger partial charge in [0, 0.05) is 31.2 Å². The molecule has 1 saturated heterocycles. The average Bonchev–Trinajstić information content (AvgIpc) is 3.22. The van der Waals surface area contributed by atoms with Gasteiger partial charge in [0.15, 0.2) is 0 Å². The summed E-state index contributed by atoms with van der Waals surface area (Å²) in [5, 5.41) is 10.0. The van der Waals surface area contributed by atoms with E-state index in [4.69, 9.17) is 0 Å². The molecule has 3 amide bonds. The predicted molar refractivity (Wildman–Crippen MR) is 100.0 cm³/mol. The Labute approximate surface area is 159 Å². The Morgan fingerprint density at radius 2 is 1.93 bits per heavy atom. The van der Waals surface area contributed by atoms with Crippen LogP contribution in [-0.2, 0) is 16.1 Å². The second-order valence-electron chi connectivity index (χ2n) is 7.84. The lowest BCUT2D eigenvalue weighted by Gasteiger charge is -2.22. The minimum absolute atomic E-state index is 0.0605. The predicted octanol–water partition coefficient (Wildman–Crippen LogP) is 1.07. The first-order chi connectivity index (χ1) is 12.9. The van der Waals surface area contributed by atoms with Crippen LogP contribution in [0.15, 0.2) is 12.4 Å². The van der Waals surface area contributed by atoms with E-state index in [9.17, 15) is 14.4 Å². The summed E-state index contributed by atoms with van der Waals surface area (Å²) in [7, 11) is 0. The Balaban J connectivity index is 1.49. The smallest absolute Gasteiger partial charge is 0.254 e. The number of carbonyl (C=O) groups excluding carboxylic acids is 3. The second kappa shape index (κ2) is 8.54. The molecule has 1 saturated carbocycles. The van der Waals surface area contributed by atoms with Crippen molar-refractivity contribution in [1.82, 2.24) is 25.3 Å². The van der Waals surface area contributed by atoms with Crippen molar-refractivity contribution >= 4 is 17.7 Å². The summed E-state index contributed by atoms with van der Waals surface area (Å²) < 4.78 is 1.48. The van der Waals surface area contributed by atoms with Crippen LogP contribution in [0.2, 0.25) is 0 Å². The number of amides is 3. The van der Waals surface area contributed by atoms with E-state index in [1.54, 1.807) is 11.1 Å². The van der Waals surface area contributed by atoms with Gasteiger partial charge in [-0.1, -0.05) is 19.3 Å². The van der Waals surface area contributed by atoms with E-state index >= 15 is 0 Å². The lowest BCUT2D eigenvalue weighted by Crippen LogP contribution is -2.39. The van der Waals surface area contributed by atoms with Gasteiger partial charge in [-0.15, -0.1) is 0 Å². The highest BCUT2D eigenvalue weighted by Gasteiger charge is 2.32. The van der Waals surface area contributed by atoms with Gasteiger partial charge in [0.1, 0.15) is 6.54 Å². The zero-order valence-electron chi connectivity index (χ0n) is 16.1. The molecular weight excluding hydrogens is 346 g/mol. The second-order valence-corrected chi connectivity index (χ2v) is 7.84. The zero-order chi connectivity index (χ0) is 19.4. The van der Waals surface area contributed by atoms with Crippen molar-refractivity contribution in [3.63, 3.8) is 0 Å². The molecule has 27 heavy (non-hydrogen) atoms. The fourth-order valence-electron chi connectivity index (χ4n) is 3.83. The number of hydrogen-bond donors (Lipinski definition) is 2. The first-order valence-corrected chi connectivity index (χ1v) is 9.84. The molecule has 148 valence electrons. The summed E-state index contributed by atoms with van der Waals surface area (Å²) in [4.78, 5) is 38.3. The lowest BCUT2D eigenvalue weighted by molar-refractivity contribution is -0.129. The number of hydrogen-bond acceptors (Lipinski definition) is 4. The van der Waals surface area contributed by atoms with Crippen molar-refractivity contribution in [3.8, 4) is 0 Å². The van der Waals surface area contributed by atoms with Crippen LogP contribution in [0.25, 0.3) is 0 Å². The summed E-state index contributed by atoms with van der Waals surface area (Å²) in [5.74, 6) is -0.284. The van der Waals surface area contributed by atoms with E-state index in [1.165, 1.54) is 17.3 Å².